The Hall–Kier alpha value is -2.05. The van der Waals surface area contributed by atoms with Gasteiger partial charge in [0.1, 0.15) is 5.75 Å². The summed E-state index contributed by atoms with van der Waals surface area (Å²) in [5.41, 5.74) is 1.62. The van der Waals surface area contributed by atoms with Crippen LogP contribution in [0.4, 0.5) is 5.69 Å². The van der Waals surface area contributed by atoms with Gasteiger partial charge in [-0.1, -0.05) is 23.7 Å². The van der Waals surface area contributed by atoms with E-state index >= 15 is 0 Å². The Kier molecular flexibility index (Phi) is 4.27. The number of hydrogen-bond acceptors (Lipinski definition) is 4. The second kappa shape index (κ2) is 6.11. The van der Waals surface area contributed by atoms with Crippen LogP contribution >= 0.6 is 11.6 Å². The number of benzene rings is 2. The Labute approximate surface area is 145 Å². The first-order chi connectivity index (χ1) is 11.4. The van der Waals surface area contributed by atoms with Gasteiger partial charge in [0.15, 0.2) is 5.78 Å². The van der Waals surface area contributed by atoms with E-state index in [9.17, 15) is 13.2 Å². The minimum absolute atomic E-state index is 0.0482. The molecule has 2 aromatic carbocycles. The molecule has 2 aromatic rings. The lowest BCUT2D eigenvalue weighted by molar-refractivity contribution is 0.0982. The monoisotopic (exact) mass is 365 g/mol. The van der Waals surface area contributed by atoms with Gasteiger partial charge in [-0.2, -0.15) is 0 Å². The summed E-state index contributed by atoms with van der Waals surface area (Å²) >= 11 is 6.07. The molecule has 0 saturated heterocycles. The lowest BCUT2D eigenvalue weighted by Gasteiger charge is -2.31. The SMILES string of the molecule is COc1ccc(S(=O)(=O)N2CCC(=O)c3cccc(C)c32)cc1Cl. The molecule has 0 spiro atoms. The van der Waals surface area contributed by atoms with E-state index in [1.165, 1.54) is 29.6 Å². The summed E-state index contributed by atoms with van der Waals surface area (Å²) in [6.07, 6.45) is 0.152. The van der Waals surface area contributed by atoms with Crippen molar-refractivity contribution in [2.75, 3.05) is 18.0 Å². The van der Waals surface area contributed by atoms with Crippen molar-refractivity contribution in [2.45, 2.75) is 18.2 Å². The fraction of sp³-hybridized carbons (Fsp3) is 0.235. The van der Waals surface area contributed by atoms with Gasteiger partial charge in [0.2, 0.25) is 0 Å². The summed E-state index contributed by atoms with van der Waals surface area (Å²) in [4.78, 5) is 12.2. The van der Waals surface area contributed by atoms with Crippen molar-refractivity contribution in [3.05, 3.63) is 52.5 Å². The van der Waals surface area contributed by atoms with Crippen LogP contribution in [0.3, 0.4) is 0 Å². The molecule has 0 saturated carbocycles. The number of aryl methyl sites for hydroxylation is 1. The number of halogens is 1. The van der Waals surface area contributed by atoms with Crippen molar-refractivity contribution >= 4 is 33.1 Å². The molecule has 1 aliphatic heterocycles. The number of nitrogens with zero attached hydrogens (tertiary/aromatic N) is 1. The summed E-state index contributed by atoms with van der Waals surface area (Å²) in [5.74, 6) is 0.355. The van der Waals surface area contributed by atoms with Crippen LogP contribution in [0.25, 0.3) is 0 Å². The van der Waals surface area contributed by atoms with Crippen molar-refractivity contribution in [3.8, 4) is 5.75 Å². The highest BCUT2D eigenvalue weighted by atomic mass is 35.5. The van der Waals surface area contributed by atoms with Gasteiger partial charge in [-0.15, -0.1) is 0 Å². The van der Waals surface area contributed by atoms with E-state index < -0.39 is 10.0 Å². The topological polar surface area (TPSA) is 63.7 Å². The minimum Gasteiger partial charge on any atom is -0.495 e. The fourth-order valence-electron chi connectivity index (χ4n) is 2.84. The molecule has 0 unspecified atom stereocenters. The molecule has 3 rings (SSSR count). The number of hydrogen-bond donors (Lipinski definition) is 0. The highest BCUT2D eigenvalue weighted by Gasteiger charge is 2.33. The Morgan fingerprint density at radius 3 is 2.62 bits per heavy atom. The number of rotatable bonds is 3. The van der Waals surface area contributed by atoms with Gasteiger partial charge in [-0.3, -0.25) is 9.10 Å². The van der Waals surface area contributed by atoms with Crippen LogP contribution in [-0.4, -0.2) is 27.9 Å². The smallest absolute Gasteiger partial charge is 0.264 e. The molecular weight excluding hydrogens is 350 g/mol. The fourth-order valence-corrected chi connectivity index (χ4v) is 4.74. The first-order valence-corrected chi connectivity index (χ1v) is 9.17. The predicted octanol–water partition coefficient (Wildman–Crippen LogP) is 3.44. The highest BCUT2D eigenvalue weighted by molar-refractivity contribution is 7.92. The van der Waals surface area contributed by atoms with E-state index in [-0.39, 0.29) is 28.7 Å². The molecule has 1 heterocycles. The van der Waals surface area contributed by atoms with Crippen molar-refractivity contribution in [3.63, 3.8) is 0 Å². The standard InChI is InChI=1S/C17H16ClNO4S/c1-11-4-3-5-13-15(20)8-9-19(17(11)13)24(21,22)12-6-7-16(23-2)14(18)10-12/h3-7,10H,8-9H2,1-2H3. The second-order valence-electron chi connectivity index (χ2n) is 5.52. The molecule has 0 radical (unpaired) electrons. The molecule has 0 fully saturated rings. The molecule has 5 nitrogen and oxygen atoms in total. The van der Waals surface area contributed by atoms with E-state index in [1.54, 1.807) is 25.1 Å². The van der Waals surface area contributed by atoms with Crippen LogP contribution in [0.1, 0.15) is 22.3 Å². The Morgan fingerprint density at radius 2 is 1.96 bits per heavy atom. The number of ether oxygens (including phenoxy) is 1. The average Bonchev–Trinajstić information content (AvgIpc) is 2.55. The van der Waals surface area contributed by atoms with Crippen LogP contribution in [0.2, 0.25) is 5.02 Å². The minimum atomic E-state index is -3.83. The van der Waals surface area contributed by atoms with Gasteiger partial charge >= 0.3 is 0 Å². The molecule has 0 aromatic heterocycles. The van der Waals surface area contributed by atoms with Gasteiger partial charge in [0, 0.05) is 18.5 Å². The third-order valence-corrected chi connectivity index (χ3v) is 6.13. The van der Waals surface area contributed by atoms with Gasteiger partial charge in [0.25, 0.3) is 10.0 Å². The van der Waals surface area contributed by atoms with E-state index in [0.29, 0.717) is 17.0 Å². The number of ketones is 1. The number of sulfonamides is 1. The Balaban J connectivity index is 2.14. The van der Waals surface area contributed by atoms with Crippen molar-refractivity contribution in [1.29, 1.82) is 0 Å². The molecule has 126 valence electrons. The third kappa shape index (κ3) is 2.65. The molecule has 0 bridgehead atoms. The van der Waals surface area contributed by atoms with Crippen LogP contribution in [0.5, 0.6) is 5.75 Å². The molecule has 0 N–H and O–H groups in total. The Bertz CT molecular complexity index is 924. The van der Waals surface area contributed by atoms with E-state index in [0.717, 1.165) is 5.56 Å². The van der Waals surface area contributed by atoms with E-state index in [1.807, 2.05) is 0 Å². The summed E-state index contributed by atoms with van der Waals surface area (Å²) < 4.78 is 32.5. The van der Waals surface area contributed by atoms with Crippen LogP contribution in [-0.2, 0) is 10.0 Å². The molecule has 0 amide bonds. The lowest BCUT2D eigenvalue weighted by atomic mass is 9.99. The first-order valence-electron chi connectivity index (χ1n) is 7.35. The van der Waals surface area contributed by atoms with E-state index in [2.05, 4.69) is 0 Å². The molecule has 0 aliphatic carbocycles. The maximum absolute atomic E-state index is 13.1. The lowest BCUT2D eigenvalue weighted by Crippen LogP contribution is -2.38. The van der Waals surface area contributed by atoms with Gasteiger partial charge in [-0.25, -0.2) is 8.42 Å². The molecule has 7 heteroatoms. The second-order valence-corrected chi connectivity index (χ2v) is 7.79. The van der Waals surface area contributed by atoms with Crippen molar-refractivity contribution in [1.82, 2.24) is 0 Å². The summed E-state index contributed by atoms with van der Waals surface area (Å²) in [5, 5.41) is 0.219. The summed E-state index contributed by atoms with van der Waals surface area (Å²) in [7, 11) is -2.36. The number of anilines is 1. The third-order valence-electron chi connectivity index (χ3n) is 4.04. The van der Waals surface area contributed by atoms with Gasteiger partial charge in [-0.05, 0) is 36.8 Å². The molecule has 24 heavy (non-hydrogen) atoms. The van der Waals surface area contributed by atoms with Crippen molar-refractivity contribution in [2.24, 2.45) is 0 Å². The maximum atomic E-state index is 13.1. The predicted molar refractivity (Wildman–Crippen MR) is 92.7 cm³/mol. The average molecular weight is 366 g/mol. The number of Topliss-reactive ketones (excluding diaryl/α,β-unsaturated/α-hetero) is 1. The quantitative estimate of drug-likeness (QED) is 0.835. The number of fused-ring (bicyclic) bond motifs is 1. The first kappa shape index (κ1) is 16.8. The highest BCUT2D eigenvalue weighted by Crippen LogP contribution is 2.36. The van der Waals surface area contributed by atoms with E-state index in [4.69, 9.17) is 16.3 Å². The van der Waals surface area contributed by atoms with Crippen LogP contribution in [0, 0.1) is 6.92 Å². The number of methoxy groups -OCH3 is 1. The summed E-state index contributed by atoms with van der Waals surface area (Å²) in [6, 6.07) is 9.54. The molecular formula is C17H16ClNO4S. The van der Waals surface area contributed by atoms with Crippen LogP contribution < -0.4 is 9.04 Å². The zero-order valence-corrected chi connectivity index (χ0v) is 14.8. The number of carbonyl (C=O) groups is 1. The number of para-hydroxylation sites is 1. The maximum Gasteiger partial charge on any atom is 0.264 e. The summed E-state index contributed by atoms with van der Waals surface area (Å²) in [6.45, 7) is 1.91. The van der Waals surface area contributed by atoms with Gasteiger partial charge < -0.3 is 4.74 Å². The Morgan fingerprint density at radius 1 is 1.21 bits per heavy atom. The molecule has 1 aliphatic rings. The largest absolute Gasteiger partial charge is 0.495 e. The zero-order valence-electron chi connectivity index (χ0n) is 13.2. The van der Waals surface area contributed by atoms with Crippen molar-refractivity contribution < 1.29 is 17.9 Å². The van der Waals surface area contributed by atoms with Gasteiger partial charge in [0.05, 0.1) is 22.7 Å². The zero-order chi connectivity index (χ0) is 17.5. The molecule has 0 atom stereocenters. The number of carbonyl (C=O) groups excluding carboxylic acids is 1. The normalized spacial score (nSPS) is 14.5. The van der Waals surface area contributed by atoms with Crippen LogP contribution in [0.15, 0.2) is 41.3 Å².